The molecule has 1 atom stereocenters. The predicted molar refractivity (Wildman–Crippen MR) is 71.3 cm³/mol. The number of nitrogens with zero attached hydrogens (tertiary/aromatic N) is 1. The van der Waals surface area contributed by atoms with Gasteiger partial charge in [0.15, 0.2) is 0 Å². The molecule has 1 fully saturated rings. The first-order chi connectivity index (χ1) is 8.79. The van der Waals surface area contributed by atoms with E-state index in [9.17, 15) is 4.79 Å². The molecule has 1 aliphatic heterocycles. The molecule has 0 aliphatic carbocycles. The van der Waals surface area contributed by atoms with Crippen LogP contribution in [-0.4, -0.2) is 36.6 Å². The lowest BCUT2D eigenvalue weighted by Crippen LogP contribution is -2.46. The fourth-order valence-corrected chi connectivity index (χ4v) is 2.20. The number of amides is 1. The molecule has 0 N–H and O–H groups in total. The van der Waals surface area contributed by atoms with Crippen LogP contribution in [0.4, 0.5) is 0 Å². The van der Waals surface area contributed by atoms with Gasteiger partial charge in [0.1, 0.15) is 0 Å². The highest BCUT2D eigenvalue weighted by Gasteiger charge is 2.23. The Bertz CT molecular complexity index is 402. The van der Waals surface area contributed by atoms with Gasteiger partial charge in [0.25, 0.3) is 0 Å². The summed E-state index contributed by atoms with van der Waals surface area (Å²) >= 11 is 0. The molecule has 1 saturated heterocycles. The van der Waals surface area contributed by atoms with Crippen LogP contribution < -0.4 is 0 Å². The van der Waals surface area contributed by atoms with E-state index in [4.69, 9.17) is 4.74 Å². The van der Waals surface area contributed by atoms with Crippen LogP contribution in [0.2, 0.25) is 0 Å². The summed E-state index contributed by atoms with van der Waals surface area (Å²) in [5.74, 6) is 0.145. The predicted octanol–water partition coefficient (Wildman–Crippen LogP) is 2.03. The van der Waals surface area contributed by atoms with E-state index in [1.807, 2.05) is 23.1 Å². The van der Waals surface area contributed by atoms with Gasteiger partial charge in [-0.3, -0.25) is 4.79 Å². The Balaban J connectivity index is 1.90. The summed E-state index contributed by atoms with van der Waals surface area (Å²) < 4.78 is 5.72. The van der Waals surface area contributed by atoms with Gasteiger partial charge in [0.05, 0.1) is 12.7 Å². The molecule has 0 spiro atoms. The molecule has 0 aromatic heterocycles. The standard InChI is InChI=1S/C15H19NO2/c1-2-6-15(17)16-9-10-18-14(12-16)11-13-7-4-3-5-8-13/h2-5,7-8,14H,1,6,9-12H2/t14-/m1/s1. The third kappa shape index (κ3) is 3.44. The highest BCUT2D eigenvalue weighted by molar-refractivity contribution is 5.77. The van der Waals surface area contributed by atoms with Crippen molar-refractivity contribution in [2.75, 3.05) is 19.7 Å². The highest BCUT2D eigenvalue weighted by Crippen LogP contribution is 2.12. The van der Waals surface area contributed by atoms with E-state index >= 15 is 0 Å². The molecule has 18 heavy (non-hydrogen) atoms. The average molecular weight is 245 g/mol. The molecule has 1 heterocycles. The van der Waals surface area contributed by atoms with Gasteiger partial charge >= 0.3 is 0 Å². The fourth-order valence-electron chi connectivity index (χ4n) is 2.20. The topological polar surface area (TPSA) is 29.5 Å². The molecular formula is C15H19NO2. The average Bonchev–Trinajstić information content (AvgIpc) is 2.40. The zero-order valence-electron chi connectivity index (χ0n) is 10.5. The Morgan fingerprint density at radius 1 is 1.44 bits per heavy atom. The van der Waals surface area contributed by atoms with E-state index in [0.717, 1.165) is 6.42 Å². The minimum Gasteiger partial charge on any atom is -0.374 e. The van der Waals surface area contributed by atoms with E-state index in [0.29, 0.717) is 26.1 Å². The molecule has 1 amide bonds. The van der Waals surface area contributed by atoms with Crippen LogP contribution in [-0.2, 0) is 16.0 Å². The summed E-state index contributed by atoms with van der Waals surface area (Å²) in [7, 11) is 0. The smallest absolute Gasteiger partial charge is 0.226 e. The van der Waals surface area contributed by atoms with Crippen molar-refractivity contribution in [3.05, 3.63) is 48.6 Å². The quantitative estimate of drug-likeness (QED) is 0.760. The van der Waals surface area contributed by atoms with E-state index in [1.54, 1.807) is 6.08 Å². The van der Waals surface area contributed by atoms with Crippen molar-refractivity contribution in [2.45, 2.75) is 18.9 Å². The zero-order valence-corrected chi connectivity index (χ0v) is 10.5. The number of carbonyl (C=O) groups excluding carboxylic acids is 1. The Morgan fingerprint density at radius 3 is 2.94 bits per heavy atom. The second-order valence-electron chi connectivity index (χ2n) is 4.52. The SMILES string of the molecule is C=CCC(=O)N1CCO[C@H](Cc2ccccc2)C1. The first-order valence-electron chi connectivity index (χ1n) is 6.34. The number of hydrogen-bond acceptors (Lipinski definition) is 2. The van der Waals surface area contributed by atoms with Gasteiger partial charge in [-0.15, -0.1) is 6.58 Å². The number of benzene rings is 1. The first kappa shape index (κ1) is 12.8. The van der Waals surface area contributed by atoms with Crippen molar-refractivity contribution < 1.29 is 9.53 Å². The van der Waals surface area contributed by atoms with Gasteiger partial charge < -0.3 is 9.64 Å². The lowest BCUT2D eigenvalue weighted by molar-refractivity contribution is -0.137. The summed E-state index contributed by atoms with van der Waals surface area (Å²) in [6.45, 7) is 5.60. The summed E-state index contributed by atoms with van der Waals surface area (Å²) in [5, 5.41) is 0. The summed E-state index contributed by atoms with van der Waals surface area (Å²) in [6.07, 6.45) is 3.04. The van der Waals surface area contributed by atoms with Crippen LogP contribution in [0.15, 0.2) is 43.0 Å². The molecule has 96 valence electrons. The maximum absolute atomic E-state index is 11.8. The largest absolute Gasteiger partial charge is 0.374 e. The second-order valence-corrected chi connectivity index (χ2v) is 4.52. The van der Waals surface area contributed by atoms with Crippen LogP contribution in [0.1, 0.15) is 12.0 Å². The molecule has 3 heteroatoms. The van der Waals surface area contributed by atoms with E-state index in [1.165, 1.54) is 5.56 Å². The van der Waals surface area contributed by atoms with Gasteiger partial charge in [0.2, 0.25) is 5.91 Å². The monoisotopic (exact) mass is 245 g/mol. The zero-order chi connectivity index (χ0) is 12.8. The lowest BCUT2D eigenvalue weighted by atomic mass is 10.1. The normalized spacial score (nSPS) is 19.6. The third-order valence-corrected chi connectivity index (χ3v) is 3.12. The Morgan fingerprint density at radius 2 is 2.22 bits per heavy atom. The van der Waals surface area contributed by atoms with Crippen molar-refractivity contribution in [3.63, 3.8) is 0 Å². The Kier molecular flexibility index (Phi) is 4.53. The minimum absolute atomic E-state index is 0.106. The minimum atomic E-state index is 0.106. The molecule has 0 saturated carbocycles. The third-order valence-electron chi connectivity index (χ3n) is 3.12. The van der Waals surface area contributed by atoms with Gasteiger partial charge in [-0.2, -0.15) is 0 Å². The van der Waals surface area contributed by atoms with Gasteiger partial charge in [-0.25, -0.2) is 0 Å². The summed E-state index contributed by atoms with van der Waals surface area (Å²) in [5.41, 5.74) is 1.25. The van der Waals surface area contributed by atoms with E-state index in [2.05, 4.69) is 18.7 Å². The Hall–Kier alpha value is -1.61. The van der Waals surface area contributed by atoms with Crippen molar-refractivity contribution in [1.29, 1.82) is 0 Å². The molecule has 0 radical (unpaired) electrons. The summed E-state index contributed by atoms with van der Waals surface area (Å²) in [6, 6.07) is 10.2. The summed E-state index contributed by atoms with van der Waals surface area (Å²) in [4.78, 5) is 13.7. The molecule has 0 bridgehead atoms. The van der Waals surface area contributed by atoms with Crippen molar-refractivity contribution >= 4 is 5.91 Å². The molecule has 1 aliphatic rings. The highest BCUT2D eigenvalue weighted by atomic mass is 16.5. The van der Waals surface area contributed by atoms with Crippen LogP contribution >= 0.6 is 0 Å². The van der Waals surface area contributed by atoms with E-state index in [-0.39, 0.29) is 12.0 Å². The first-order valence-corrected chi connectivity index (χ1v) is 6.34. The lowest BCUT2D eigenvalue weighted by Gasteiger charge is -2.33. The van der Waals surface area contributed by atoms with E-state index < -0.39 is 0 Å². The number of carbonyl (C=O) groups is 1. The molecule has 1 aromatic rings. The maximum Gasteiger partial charge on any atom is 0.226 e. The fraction of sp³-hybridized carbons (Fsp3) is 0.400. The van der Waals surface area contributed by atoms with Crippen molar-refractivity contribution in [3.8, 4) is 0 Å². The molecule has 0 unspecified atom stereocenters. The van der Waals surface area contributed by atoms with Crippen LogP contribution in [0.3, 0.4) is 0 Å². The molecule has 2 rings (SSSR count). The van der Waals surface area contributed by atoms with Gasteiger partial charge in [-0.1, -0.05) is 36.4 Å². The number of rotatable bonds is 4. The number of morpholine rings is 1. The Labute approximate surface area is 108 Å². The number of ether oxygens (including phenoxy) is 1. The van der Waals surface area contributed by atoms with Crippen molar-refractivity contribution in [1.82, 2.24) is 4.90 Å². The second kappa shape index (κ2) is 6.36. The molecular weight excluding hydrogens is 226 g/mol. The molecule has 3 nitrogen and oxygen atoms in total. The van der Waals surface area contributed by atoms with Crippen LogP contribution in [0.5, 0.6) is 0 Å². The number of hydrogen-bond donors (Lipinski definition) is 0. The molecule has 1 aromatic carbocycles. The van der Waals surface area contributed by atoms with Gasteiger partial charge in [-0.05, 0) is 5.56 Å². The van der Waals surface area contributed by atoms with Crippen LogP contribution in [0, 0.1) is 0 Å². The van der Waals surface area contributed by atoms with Crippen molar-refractivity contribution in [2.24, 2.45) is 0 Å². The maximum atomic E-state index is 11.8. The van der Waals surface area contributed by atoms with Gasteiger partial charge in [0, 0.05) is 25.9 Å². The van der Waals surface area contributed by atoms with Crippen LogP contribution in [0.25, 0.3) is 0 Å².